The Hall–Kier alpha value is -1.77. The molecule has 0 aliphatic rings. The molecule has 0 saturated heterocycles. The second-order valence-corrected chi connectivity index (χ2v) is 5.58. The molecule has 1 amide bonds. The third-order valence-electron chi connectivity index (χ3n) is 2.64. The van der Waals surface area contributed by atoms with E-state index in [4.69, 9.17) is 5.11 Å². The Morgan fingerprint density at radius 3 is 2.36 bits per heavy atom. The van der Waals surface area contributed by atoms with Gasteiger partial charge in [0.2, 0.25) is 0 Å². The van der Waals surface area contributed by atoms with Crippen LogP contribution in [-0.4, -0.2) is 29.4 Å². The van der Waals surface area contributed by atoms with Gasteiger partial charge in [-0.1, -0.05) is 13.8 Å². The van der Waals surface area contributed by atoms with Crippen molar-refractivity contribution in [2.75, 3.05) is 0 Å². The molecule has 2 N–H and O–H groups in total. The molecule has 22 heavy (non-hydrogen) atoms. The summed E-state index contributed by atoms with van der Waals surface area (Å²) in [5.74, 6) is -3.01. The molecule has 9 heteroatoms. The molecular weight excluding hydrogens is 371 g/mol. The van der Waals surface area contributed by atoms with Gasteiger partial charge in [0.15, 0.2) is 0 Å². The molecule has 122 valence electrons. The van der Waals surface area contributed by atoms with Crippen molar-refractivity contribution in [1.29, 1.82) is 0 Å². The highest BCUT2D eigenvalue weighted by Gasteiger charge is 2.32. The van der Waals surface area contributed by atoms with E-state index in [2.05, 4.69) is 26.0 Å². The number of alkyl halides is 3. The lowest BCUT2D eigenvalue weighted by Gasteiger charge is -2.18. The molecule has 1 aromatic rings. The van der Waals surface area contributed by atoms with E-state index in [1.165, 1.54) is 12.1 Å². The minimum atomic E-state index is -4.90. The number of hydrogen-bond acceptors (Lipinski definition) is 3. The van der Waals surface area contributed by atoms with Crippen molar-refractivity contribution < 1.29 is 32.6 Å². The van der Waals surface area contributed by atoms with Gasteiger partial charge in [0.25, 0.3) is 5.91 Å². The lowest BCUT2D eigenvalue weighted by Crippen LogP contribution is -2.44. The molecule has 5 nitrogen and oxygen atoms in total. The van der Waals surface area contributed by atoms with Gasteiger partial charge >= 0.3 is 12.3 Å². The van der Waals surface area contributed by atoms with Gasteiger partial charge in [0.05, 0.1) is 4.47 Å². The molecule has 1 aromatic carbocycles. The average Bonchev–Trinajstić information content (AvgIpc) is 2.35. The monoisotopic (exact) mass is 383 g/mol. The Morgan fingerprint density at radius 1 is 1.32 bits per heavy atom. The second kappa shape index (κ2) is 6.99. The third kappa shape index (κ3) is 5.21. The van der Waals surface area contributed by atoms with Crippen LogP contribution >= 0.6 is 15.9 Å². The van der Waals surface area contributed by atoms with Crippen molar-refractivity contribution in [3.63, 3.8) is 0 Å². The van der Waals surface area contributed by atoms with Crippen LogP contribution in [0.5, 0.6) is 5.75 Å². The van der Waals surface area contributed by atoms with Gasteiger partial charge in [-0.25, -0.2) is 4.79 Å². The normalized spacial score (nSPS) is 12.9. The van der Waals surface area contributed by atoms with Crippen LogP contribution in [0.15, 0.2) is 22.7 Å². The molecule has 0 fully saturated rings. The standard InChI is InChI=1S/C13H13BrF3NO4/c1-6(2)10(12(20)21)18-11(19)7-3-4-8(14)9(5-7)22-13(15,16)17/h3-6,10H,1-2H3,(H,18,19)(H,20,21). The number of ether oxygens (including phenoxy) is 1. The maximum Gasteiger partial charge on any atom is 0.573 e. The summed E-state index contributed by atoms with van der Waals surface area (Å²) in [6.07, 6.45) is -4.90. The van der Waals surface area contributed by atoms with E-state index in [9.17, 15) is 22.8 Å². The Bertz CT molecular complexity index is 575. The molecule has 0 spiro atoms. The number of amides is 1. The van der Waals surface area contributed by atoms with Crippen molar-refractivity contribution in [3.8, 4) is 5.75 Å². The summed E-state index contributed by atoms with van der Waals surface area (Å²) < 4.78 is 40.6. The number of halogens is 4. The van der Waals surface area contributed by atoms with E-state index in [0.717, 1.165) is 6.07 Å². The SMILES string of the molecule is CC(C)C(NC(=O)c1ccc(Br)c(OC(F)(F)F)c1)C(=O)O. The van der Waals surface area contributed by atoms with E-state index in [-0.39, 0.29) is 16.0 Å². The van der Waals surface area contributed by atoms with Crippen LogP contribution in [0.4, 0.5) is 13.2 Å². The zero-order chi connectivity index (χ0) is 17.1. The van der Waals surface area contributed by atoms with Crippen molar-refractivity contribution in [1.82, 2.24) is 5.32 Å². The van der Waals surface area contributed by atoms with Crippen LogP contribution < -0.4 is 10.1 Å². The molecule has 0 aliphatic carbocycles. The van der Waals surface area contributed by atoms with Gasteiger partial charge in [-0.15, -0.1) is 13.2 Å². The van der Waals surface area contributed by atoms with E-state index in [1.54, 1.807) is 13.8 Å². The summed E-state index contributed by atoms with van der Waals surface area (Å²) in [4.78, 5) is 23.0. The molecule has 0 radical (unpaired) electrons. The fourth-order valence-corrected chi connectivity index (χ4v) is 1.91. The quantitative estimate of drug-likeness (QED) is 0.818. The van der Waals surface area contributed by atoms with Gasteiger partial charge in [-0.05, 0) is 40.0 Å². The number of carbonyl (C=O) groups is 2. The summed E-state index contributed by atoms with van der Waals surface area (Å²) in [5, 5.41) is 11.2. The molecule has 1 unspecified atom stereocenters. The fraction of sp³-hybridized carbons (Fsp3) is 0.385. The summed E-state index contributed by atoms with van der Waals surface area (Å²) >= 11 is 2.88. The first-order chi connectivity index (χ1) is 10.0. The zero-order valence-electron chi connectivity index (χ0n) is 11.6. The average molecular weight is 384 g/mol. The van der Waals surface area contributed by atoms with Crippen LogP contribution in [-0.2, 0) is 4.79 Å². The van der Waals surface area contributed by atoms with E-state index in [0.29, 0.717) is 0 Å². The largest absolute Gasteiger partial charge is 0.573 e. The number of carbonyl (C=O) groups excluding carboxylic acids is 1. The maximum atomic E-state index is 12.3. The highest BCUT2D eigenvalue weighted by atomic mass is 79.9. The van der Waals surface area contributed by atoms with E-state index >= 15 is 0 Å². The van der Waals surface area contributed by atoms with E-state index < -0.39 is 30.0 Å². The third-order valence-corrected chi connectivity index (χ3v) is 3.29. The molecule has 0 aromatic heterocycles. The van der Waals surface area contributed by atoms with Crippen molar-refractivity contribution in [3.05, 3.63) is 28.2 Å². The van der Waals surface area contributed by atoms with Crippen LogP contribution in [0.2, 0.25) is 0 Å². The summed E-state index contributed by atoms with van der Waals surface area (Å²) in [5.41, 5.74) is -0.144. The first-order valence-corrected chi connectivity index (χ1v) is 6.89. The molecule has 0 bridgehead atoms. The highest BCUT2D eigenvalue weighted by molar-refractivity contribution is 9.10. The number of benzene rings is 1. The summed E-state index contributed by atoms with van der Waals surface area (Å²) in [7, 11) is 0. The molecule has 0 saturated carbocycles. The zero-order valence-corrected chi connectivity index (χ0v) is 13.2. The highest BCUT2D eigenvalue weighted by Crippen LogP contribution is 2.31. The molecule has 0 heterocycles. The molecular formula is C13H13BrF3NO4. The lowest BCUT2D eigenvalue weighted by atomic mass is 10.0. The topological polar surface area (TPSA) is 75.6 Å². The smallest absolute Gasteiger partial charge is 0.480 e. The number of carboxylic acids is 1. The minimum absolute atomic E-state index is 0.0139. The van der Waals surface area contributed by atoms with Gasteiger partial charge in [0.1, 0.15) is 11.8 Å². The maximum absolute atomic E-state index is 12.3. The Labute approximate surface area is 132 Å². The predicted octanol–water partition coefficient (Wildman–Crippen LogP) is 3.19. The van der Waals surface area contributed by atoms with Crippen LogP contribution in [0.1, 0.15) is 24.2 Å². The van der Waals surface area contributed by atoms with Gasteiger partial charge in [-0.3, -0.25) is 4.79 Å². The second-order valence-electron chi connectivity index (χ2n) is 4.73. The lowest BCUT2D eigenvalue weighted by molar-refractivity contribution is -0.274. The van der Waals surface area contributed by atoms with Gasteiger partial charge < -0.3 is 15.2 Å². The molecule has 0 aliphatic heterocycles. The van der Waals surface area contributed by atoms with Crippen molar-refractivity contribution in [2.24, 2.45) is 5.92 Å². The number of carboxylic acid groups (broad SMARTS) is 1. The summed E-state index contributed by atoms with van der Waals surface area (Å²) in [6.45, 7) is 3.19. The van der Waals surface area contributed by atoms with Crippen LogP contribution in [0.3, 0.4) is 0 Å². The Balaban J connectivity index is 2.99. The minimum Gasteiger partial charge on any atom is -0.480 e. The Kier molecular flexibility index (Phi) is 5.81. The van der Waals surface area contributed by atoms with Crippen molar-refractivity contribution >= 4 is 27.8 Å². The predicted molar refractivity (Wildman–Crippen MR) is 74.6 cm³/mol. The number of rotatable bonds is 5. The van der Waals surface area contributed by atoms with E-state index in [1.807, 2.05) is 0 Å². The summed E-state index contributed by atoms with van der Waals surface area (Å²) in [6, 6.07) is 2.19. The molecule has 1 rings (SSSR count). The van der Waals surface area contributed by atoms with Crippen LogP contribution in [0, 0.1) is 5.92 Å². The van der Waals surface area contributed by atoms with Crippen LogP contribution in [0.25, 0.3) is 0 Å². The first-order valence-electron chi connectivity index (χ1n) is 6.10. The molecule has 1 atom stereocenters. The first kappa shape index (κ1) is 18.3. The fourth-order valence-electron chi connectivity index (χ4n) is 1.59. The number of aliphatic carboxylic acids is 1. The van der Waals surface area contributed by atoms with Crippen molar-refractivity contribution in [2.45, 2.75) is 26.3 Å². The van der Waals surface area contributed by atoms with Gasteiger partial charge in [-0.2, -0.15) is 0 Å². The van der Waals surface area contributed by atoms with Gasteiger partial charge in [0, 0.05) is 5.56 Å². The number of nitrogens with one attached hydrogen (secondary N) is 1. The number of hydrogen-bond donors (Lipinski definition) is 2. The Morgan fingerprint density at radius 2 is 1.91 bits per heavy atom.